The summed E-state index contributed by atoms with van der Waals surface area (Å²) in [6, 6.07) is 8.67. The van der Waals surface area contributed by atoms with Gasteiger partial charge in [0.25, 0.3) is 0 Å². The van der Waals surface area contributed by atoms with E-state index in [9.17, 15) is 8.42 Å². The number of aromatic nitrogens is 1. The van der Waals surface area contributed by atoms with E-state index in [0.717, 1.165) is 11.1 Å². The molecule has 1 aromatic carbocycles. The van der Waals surface area contributed by atoms with Crippen molar-refractivity contribution in [1.29, 1.82) is 0 Å². The Kier molecular flexibility index (Phi) is 4.20. The fraction of sp³-hybridized carbons (Fsp3) is 0.267. The van der Waals surface area contributed by atoms with Gasteiger partial charge in [0, 0.05) is 12.7 Å². The smallest absolute Gasteiger partial charge is 0.182 e. The summed E-state index contributed by atoms with van der Waals surface area (Å²) < 4.78 is 24.9. The van der Waals surface area contributed by atoms with Gasteiger partial charge in [-0.2, -0.15) is 0 Å². The molecule has 0 unspecified atom stereocenters. The van der Waals surface area contributed by atoms with Gasteiger partial charge in [-0.3, -0.25) is 4.98 Å². The molecule has 0 saturated heterocycles. The van der Waals surface area contributed by atoms with Crippen molar-refractivity contribution < 1.29 is 8.42 Å². The lowest BCUT2D eigenvalue weighted by Gasteiger charge is -2.09. The molecule has 2 N–H and O–H groups in total. The third-order valence-electron chi connectivity index (χ3n) is 3.36. The van der Waals surface area contributed by atoms with E-state index in [1.807, 2.05) is 19.9 Å². The summed E-state index contributed by atoms with van der Waals surface area (Å²) in [5.41, 5.74) is 8.93. The zero-order valence-corrected chi connectivity index (χ0v) is 12.4. The van der Waals surface area contributed by atoms with Crippen molar-refractivity contribution in [2.45, 2.75) is 31.0 Å². The summed E-state index contributed by atoms with van der Waals surface area (Å²) in [6.45, 7) is 4.10. The molecule has 0 aliphatic heterocycles. The normalized spacial score (nSPS) is 11.6. The highest BCUT2D eigenvalue weighted by molar-refractivity contribution is 7.90. The second kappa shape index (κ2) is 5.73. The first-order valence-electron chi connectivity index (χ1n) is 6.37. The van der Waals surface area contributed by atoms with Gasteiger partial charge in [-0.25, -0.2) is 8.42 Å². The second-order valence-electron chi connectivity index (χ2n) is 4.82. The highest BCUT2D eigenvalue weighted by Crippen LogP contribution is 2.20. The third-order valence-corrected chi connectivity index (χ3v) is 5.02. The predicted molar refractivity (Wildman–Crippen MR) is 78.9 cm³/mol. The van der Waals surface area contributed by atoms with Gasteiger partial charge in [0.1, 0.15) is 0 Å². The Bertz CT molecular complexity index is 724. The molecule has 0 amide bonds. The number of hydrogen-bond acceptors (Lipinski definition) is 4. The van der Waals surface area contributed by atoms with Gasteiger partial charge in [0.15, 0.2) is 9.84 Å². The third kappa shape index (κ3) is 3.05. The first kappa shape index (κ1) is 14.7. The highest BCUT2D eigenvalue weighted by atomic mass is 32.2. The van der Waals surface area contributed by atoms with Crippen molar-refractivity contribution >= 4 is 9.84 Å². The molecule has 1 heterocycles. The minimum absolute atomic E-state index is 0.0735. The first-order valence-corrected chi connectivity index (χ1v) is 8.02. The summed E-state index contributed by atoms with van der Waals surface area (Å²) >= 11 is 0. The molecule has 2 rings (SSSR count). The Morgan fingerprint density at radius 3 is 2.55 bits per heavy atom. The lowest BCUT2D eigenvalue weighted by molar-refractivity contribution is 0.594. The second-order valence-corrected chi connectivity index (χ2v) is 6.81. The van der Waals surface area contributed by atoms with Gasteiger partial charge in [-0.1, -0.05) is 12.1 Å². The van der Waals surface area contributed by atoms with Crippen LogP contribution in [0.2, 0.25) is 0 Å². The molecular formula is C15H18N2O2S. The van der Waals surface area contributed by atoms with E-state index in [0.29, 0.717) is 16.2 Å². The molecule has 106 valence electrons. The lowest BCUT2D eigenvalue weighted by atomic mass is 10.1. The molecular weight excluding hydrogens is 272 g/mol. The Balaban J connectivity index is 2.38. The fourth-order valence-electron chi connectivity index (χ4n) is 1.98. The van der Waals surface area contributed by atoms with Crippen molar-refractivity contribution in [3.63, 3.8) is 0 Å². The standard InChI is InChI=1S/C15H18N2O2S/c1-11-5-6-14(8-12(11)2)20(18,19)10-13-4-3-7-17-15(13)9-16/h3-8H,9-10,16H2,1-2H3. The minimum atomic E-state index is -3.38. The van der Waals surface area contributed by atoms with Gasteiger partial charge in [-0.05, 0) is 48.7 Å². The molecule has 0 radical (unpaired) electrons. The maximum Gasteiger partial charge on any atom is 0.182 e. The number of benzene rings is 1. The molecule has 20 heavy (non-hydrogen) atoms. The molecule has 0 spiro atoms. The molecule has 0 aliphatic carbocycles. The van der Waals surface area contributed by atoms with Crippen LogP contribution in [-0.2, 0) is 22.1 Å². The Morgan fingerprint density at radius 2 is 1.90 bits per heavy atom. The number of nitrogens with two attached hydrogens (primary N) is 1. The zero-order valence-electron chi connectivity index (χ0n) is 11.6. The van der Waals surface area contributed by atoms with E-state index in [1.165, 1.54) is 0 Å². The van der Waals surface area contributed by atoms with E-state index in [2.05, 4.69) is 4.98 Å². The molecule has 0 fully saturated rings. The Hall–Kier alpha value is -1.72. The molecule has 5 heteroatoms. The number of sulfone groups is 1. The summed E-state index contributed by atoms with van der Waals surface area (Å²) in [7, 11) is -3.38. The number of nitrogens with zero attached hydrogens (tertiary/aromatic N) is 1. The van der Waals surface area contributed by atoms with Gasteiger partial charge in [0.2, 0.25) is 0 Å². The Labute approximate surface area is 119 Å². The van der Waals surface area contributed by atoms with Crippen molar-refractivity contribution in [2.75, 3.05) is 0 Å². The molecule has 0 aliphatic rings. The topological polar surface area (TPSA) is 73.0 Å². The monoisotopic (exact) mass is 290 g/mol. The van der Waals surface area contributed by atoms with Crippen LogP contribution >= 0.6 is 0 Å². The van der Waals surface area contributed by atoms with Crippen LogP contribution in [0.5, 0.6) is 0 Å². The summed E-state index contributed by atoms with van der Waals surface area (Å²) in [6.07, 6.45) is 1.62. The van der Waals surface area contributed by atoms with E-state index in [4.69, 9.17) is 5.73 Å². The van der Waals surface area contributed by atoms with Gasteiger partial charge in [-0.15, -0.1) is 0 Å². The van der Waals surface area contributed by atoms with E-state index in [1.54, 1.807) is 30.5 Å². The van der Waals surface area contributed by atoms with E-state index >= 15 is 0 Å². The van der Waals surface area contributed by atoms with E-state index < -0.39 is 9.84 Å². The van der Waals surface area contributed by atoms with Crippen LogP contribution in [-0.4, -0.2) is 13.4 Å². The maximum absolute atomic E-state index is 12.5. The van der Waals surface area contributed by atoms with Gasteiger partial charge in [0.05, 0.1) is 16.3 Å². The number of pyridine rings is 1. The van der Waals surface area contributed by atoms with Crippen LogP contribution in [0, 0.1) is 13.8 Å². The molecule has 0 atom stereocenters. The van der Waals surface area contributed by atoms with Crippen LogP contribution in [0.3, 0.4) is 0 Å². The van der Waals surface area contributed by atoms with Crippen molar-refractivity contribution in [1.82, 2.24) is 4.98 Å². The summed E-state index contributed by atoms with van der Waals surface area (Å²) in [5, 5.41) is 0. The van der Waals surface area contributed by atoms with Crippen molar-refractivity contribution in [2.24, 2.45) is 5.73 Å². The number of hydrogen-bond donors (Lipinski definition) is 1. The van der Waals surface area contributed by atoms with Crippen LogP contribution < -0.4 is 5.73 Å². The molecule has 0 saturated carbocycles. The minimum Gasteiger partial charge on any atom is -0.325 e. The summed E-state index contributed by atoms with van der Waals surface area (Å²) in [4.78, 5) is 4.46. The van der Waals surface area contributed by atoms with Crippen molar-refractivity contribution in [3.05, 3.63) is 58.9 Å². The zero-order chi connectivity index (χ0) is 14.8. The molecule has 4 nitrogen and oxygen atoms in total. The highest BCUT2D eigenvalue weighted by Gasteiger charge is 2.17. The first-order chi connectivity index (χ1) is 9.44. The van der Waals surface area contributed by atoms with Crippen LogP contribution in [0.1, 0.15) is 22.4 Å². The SMILES string of the molecule is Cc1ccc(S(=O)(=O)Cc2cccnc2CN)cc1C. The van der Waals surface area contributed by atoms with E-state index in [-0.39, 0.29) is 12.3 Å². The van der Waals surface area contributed by atoms with Crippen LogP contribution in [0.4, 0.5) is 0 Å². The fourth-order valence-corrected chi connectivity index (χ4v) is 3.45. The van der Waals surface area contributed by atoms with Gasteiger partial charge < -0.3 is 5.73 Å². The predicted octanol–water partition coefficient (Wildman–Crippen LogP) is 2.13. The molecule has 2 aromatic rings. The maximum atomic E-state index is 12.5. The molecule has 1 aromatic heterocycles. The Morgan fingerprint density at radius 1 is 1.15 bits per heavy atom. The number of rotatable bonds is 4. The molecule has 0 bridgehead atoms. The average molecular weight is 290 g/mol. The number of aryl methyl sites for hydroxylation is 2. The summed E-state index contributed by atoms with van der Waals surface area (Å²) in [5.74, 6) is -0.0735. The quantitative estimate of drug-likeness (QED) is 0.936. The van der Waals surface area contributed by atoms with Crippen molar-refractivity contribution in [3.8, 4) is 0 Å². The lowest BCUT2D eigenvalue weighted by Crippen LogP contribution is -2.10. The van der Waals surface area contributed by atoms with Crippen LogP contribution in [0.25, 0.3) is 0 Å². The van der Waals surface area contributed by atoms with Gasteiger partial charge >= 0.3 is 0 Å². The largest absolute Gasteiger partial charge is 0.325 e. The van der Waals surface area contributed by atoms with Crippen LogP contribution in [0.15, 0.2) is 41.4 Å². The average Bonchev–Trinajstić information content (AvgIpc) is 2.42.